The predicted molar refractivity (Wildman–Crippen MR) is 91.7 cm³/mol. The minimum absolute atomic E-state index is 0.00697. The smallest absolute Gasteiger partial charge is 0.248 e. The Balaban J connectivity index is 1.80. The van der Waals surface area contributed by atoms with Crippen molar-refractivity contribution >= 4 is 17.0 Å². The fourth-order valence-corrected chi connectivity index (χ4v) is 3.13. The van der Waals surface area contributed by atoms with E-state index < -0.39 is 5.92 Å². The molecule has 1 aromatic heterocycles. The molecule has 1 saturated carbocycles. The van der Waals surface area contributed by atoms with Crippen LogP contribution in [0.5, 0.6) is 0 Å². The zero-order chi connectivity index (χ0) is 16.5. The molecule has 0 N–H and O–H groups in total. The van der Waals surface area contributed by atoms with Crippen LogP contribution < -0.4 is 0 Å². The average molecular weight is 315 g/mol. The van der Waals surface area contributed by atoms with Crippen LogP contribution >= 0.6 is 0 Å². The molecule has 1 nitrogen and oxygen atoms in total. The van der Waals surface area contributed by atoms with E-state index in [2.05, 4.69) is 61.3 Å². The summed E-state index contributed by atoms with van der Waals surface area (Å²) in [7, 11) is 0. The third kappa shape index (κ3) is 3.77. The third-order valence-corrected chi connectivity index (χ3v) is 4.94. The number of aryl methyl sites for hydroxylation is 1. The van der Waals surface area contributed by atoms with Crippen molar-refractivity contribution in [1.82, 2.24) is 4.98 Å². The molecule has 1 aromatic carbocycles. The van der Waals surface area contributed by atoms with E-state index in [9.17, 15) is 8.78 Å². The molecule has 0 saturated heterocycles. The molecule has 1 aliphatic rings. The first-order valence-corrected chi connectivity index (χ1v) is 8.36. The minimum Gasteiger partial charge on any atom is -0.253 e. The van der Waals surface area contributed by atoms with Crippen molar-refractivity contribution in [3.05, 3.63) is 47.7 Å². The zero-order valence-electron chi connectivity index (χ0n) is 13.8. The van der Waals surface area contributed by atoms with E-state index in [-0.39, 0.29) is 18.3 Å². The fraction of sp³-hybridized carbons (Fsp3) is 0.450. The lowest BCUT2D eigenvalue weighted by molar-refractivity contribution is -0.0547. The van der Waals surface area contributed by atoms with Gasteiger partial charge >= 0.3 is 0 Å². The van der Waals surface area contributed by atoms with Gasteiger partial charge in [0.25, 0.3) is 0 Å². The summed E-state index contributed by atoms with van der Waals surface area (Å²) in [5, 5.41) is 1.13. The topological polar surface area (TPSA) is 12.9 Å². The summed E-state index contributed by atoms with van der Waals surface area (Å²) in [4.78, 5) is 4.65. The van der Waals surface area contributed by atoms with Crippen molar-refractivity contribution in [3.63, 3.8) is 0 Å². The van der Waals surface area contributed by atoms with E-state index in [1.165, 1.54) is 0 Å². The van der Waals surface area contributed by atoms with E-state index in [0.717, 1.165) is 28.6 Å². The molecule has 1 fully saturated rings. The molecule has 2 aromatic rings. The summed E-state index contributed by atoms with van der Waals surface area (Å²) >= 11 is 0. The van der Waals surface area contributed by atoms with Crippen LogP contribution in [-0.4, -0.2) is 10.9 Å². The van der Waals surface area contributed by atoms with Crippen molar-refractivity contribution in [1.29, 1.82) is 0 Å². The van der Waals surface area contributed by atoms with Gasteiger partial charge in [-0.1, -0.05) is 44.2 Å². The molecular weight excluding hydrogens is 292 g/mol. The van der Waals surface area contributed by atoms with Gasteiger partial charge in [-0.3, -0.25) is 4.98 Å². The quantitative estimate of drug-likeness (QED) is 0.674. The van der Waals surface area contributed by atoms with Gasteiger partial charge in [-0.2, -0.15) is 0 Å². The number of fused-ring (bicyclic) bond motifs is 1. The lowest BCUT2D eigenvalue weighted by Crippen LogP contribution is -2.29. The van der Waals surface area contributed by atoms with Crippen molar-refractivity contribution in [3.8, 4) is 0 Å². The van der Waals surface area contributed by atoms with Crippen LogP contribution in [0, 0.1) is 5.41 Å². The minimum atomic E-state index is -2.48. The highest BCUT2D eigenvalue weighted by molar-refractivity contribution is 5.81. The Morgan fingerprint density at radius 3 is 2.48 bits per heavy atom. The highest BCUT2D eigenvalue weighted by atomic mass is 19.3. The van der Waals surface area contributed by atoms with Gasteiger partial charge in [-0.05, 0) is 42.4 Å². The summed E-state index contributed by atoms with van der Waals surface area (Å²) in [6.45, 7) is 4.17. The Kier molecular flexibility index (Phi) is 4.22. The summed E-state index contributed by atoms with van der Waals surface area (Å²) in [6.07, 6.45) is 6.16. The molecule has 1 heterocycles. The Labute approximate surface area is 136 Å². The van der Waals surface area contributed by atoms with Gasteiger partial charge in [0.2, 0.25) is 5.92 Å². The second kappa shape index (κ2) is 6.03. The van der Waals surface area contributed by atoms with E-state index in [0.29, 0.717) is 12.8 Å². The summed E-state index contributed by atoms with van der Waals surface area (Å²) in [6, 6.07) is 10.4. The molecule has 0 amide bonds. The number of benzene rings is 1. The molecule has 122 valence electrons. The maximum Gasteiger partial charge on any atom is 0.248 e. The number of rotatable bonds is 3. The number of hydrogen-bond acceptors (Lipinski definition) is 1. The first-order valence-electron chi connectivity index (χ1n) is 8.36. The Bertz CT molecular complexity index is 723. The van der Waals surface area contributed by atoms with Crippen molar-refractivity contribution in [2.75, 3.05) is 0 Å². The first kappa shape index (κ1) is 16.1. The Hall–Kier alpha value is -1.77. The number of nitrogens with zero attached hydrogens (tertiary/aromatic N) is 1. The van der Waals surface area contributed by atoms with Crippen LogP contribution in [-0.2, 0) is 6.42 Å². The monoisotopic (exact) mass is 315 g/mol. The number of allylic oxidation sites excluding steroid dienone is 1. The molecule has 0 radical (unpaired) electrons. The van der Waals surface area contributed by atoms with Crippen LogP contribution in [0.2, 0.25) is 0 Å². The summed E-state index contributed by atoms with van der Waals surface area (Å²) in [5.41, 5.74) is 3.03. The van der Waals surface area contributed by atoms with Gasteiger partial charge in [0.05, 0.1) is 5.52 Å². The SMILES string of the molecule is CCc1ccc2ccc(/C=C/C3(C)CCC(F)(F)CC3)cc2n1. The molecule has 3 rings (SSSR count). The molecule has 23 heavy (non-hydrogen) atoms. The maximum atomic E-state index is 13.3. The van der Waals surface area contributed by atoms with Gasteiger partial charge < -0.3 is 0 Å². The van der Waals surface area contributed by atoms with Gasteiger partial charge in [-0.15, -0.1) is 0 Å². The molecule has 0 unspecified atom stereocenters. The molecular formula is C20H23F2N. The van der Waals surface area contributed by atoms with Crippen LogP contribution in [0.1, 0.15) is 50.8 Å². The van der Waals surface area contributed by atoms with Crippen molar-refractivity contribution < 1.29 is 8.78 Å². The molecule has 0 spiro atoms. The lowest BCUT2D eigenvalue weighted by atomic mass is 9.74. The van der Waals surface area contributed by atoms with Gasteiger partial charge in [-0.25, -0.2) is 8.78 Å². The highest BCUT2D eigenvalue weighted by Gasteiger charge is 2.39. The van der Waals surface area contributed by atoms with E-state index in [4.69, 9.17) is 0 Å². The second-order valence-electron chi connectivity index (χ2n) is 6.95. The number of alkyl halides is 2. The van der Waals surface area contributed by atoms with E-state index >= 15 is 0 Å². The molecule has 1 aliphatic carbocycles. The molecule has 0 aliphatic heterocycles. The van der Waals surface area contributed by atoms with E-state index in [1.807, 2.05) is 0 Å². The maximum absolute atomic E-state index is 13.3. The molecule has 0 atom stereocenters. The predicted octanol–water partition coefficient (Wildman–Crippen LogP) is 6.03. The zero-order valence-corrected chi connectivity index (χ0v) is 13.8. The Morgan fingerprint density at radius 1 is 1.09 bits per heavy atom. The average Bonchev–Trinajstić information content (AvgIpc) is 2.55. The van der Waals surface area contributed by atoms with Crippen LogP contribution in [0.4, 0.5) is 8.78 Å². The van der Waals surface area contributed by atoms with Crippen LogP contribution in [0.25, 0.3) is 17.0 Å². The largest absolute Gasteiger partial charge is 0.253 e. The lowest BCUT2D eigenvalue weighted by Gasteiger charge is -2.35. The molecule has 3 heteroatoms. The first-order chi connectivity index (χ1) is 10.9. The third-order valence-electron chi connectivity index (χ3n) is 4.94. The van der Waals surface area contributed by atoms with E-state index in [1.54, 1.807) is 0 Å². The summed E-state index contributed by atoms with van der Waals surface area (Å²) < 4.78 is 26.6. The Morgan fingerprint density at radius 2 is 1.78 bits per heavy atom. The molecule has 0 bridgehead atoms. The van der Waals surface area contributed by atoms with Crippen molar-refractivity contribution in [2.45, 2.75) is 51.9 Å². The van der Waals surface area contributed by atoms with Gasteiger partial charge in [0, 0.05) is 23.9 Å². The number of pyridine rings is 1. The van der Waals surface area contributed by atoms with Crippen LogP contribution in [0.15, 0.2) is 36.4 Å². The van der Waals surface area contributed by atoms with Crippen LogP contribution in [0.3, 0.4) is 0 Å². The normalized spacial score (nSPS) is 20.2. The summed E-state index contributed by atoms with van der Waals surface area (Å²) in [5.74, 6) is -2.48. The second-order valence-corrected chi connectivity index (χ2v) is 6.95. The standard InChI is InChI=1S/C20H23F2N/c1-3-17-7-6-16-5-4-15(14-18(16)23-17)8-9-19(2)10-12-20(21,22)13-11-19/h4-9,14H,3,10-13H2,1-2H3/b9-8+. The number of halogens is 2. The number of hydrogen-bond donors (Lipinski definition) is 0. The highest BCUT2D eigenvalue weighted by Crippen LogP contribution is 2.44. The fourth-order valence-electron chi connectivity index (χ4n) is 3.13. The van der Waals surface area contributed by atoms with Gasteiger partial charge in [0.1, 0.15) is 0 Å². The van der Waals surface area contributed by atoms with Gasteiger partial charge in [0.15, 0.2) is 0 Å². The number of aromatic nitrogens is 1. The van der Waals surface area contributed by atoms with Crippen molar-refractivity contribution in [2.24, 2.45) is 5.41 Å².